The number of hydrogen-bond donors (Lipinski definition) is 1. The lowest BCUT2D eigenvalue weighted by atomic mass is 9.93. The van der Waals surface area contributed by atoms with Crippen LogP contribution < -0.4 is 0 Å². The molecule has 1 N–H and O–H groups in total. The van der Waals surface area contributed by atoms with Gasteiger partial charge in [-0.3, -0.25) is 14.5 Å². The quantitative estimate of drug-likeness (QED) is 0.908. The fourth-order valence-corrected chi connectivity index (χ4v) is 3.20. The Bertz CT molecular complexity index is 615. The summed E-state index contributed by atoms with van der Waals surface area (Å²) >= 11 is 0. The van der Waals surface area contributed by atoms with Gasteiger partial charge in [-0.15, -0.1) is 0 Å². The fraction of sp³-hybridized carbons (Fsp3) is 0.500. The number of piperazine rings is 1. The van der Waals surface area contributed by atoms with Gasteiger partial charge in [-0.25, -0.2) is 4.39 Å². The van der Waals surface area contributed by atoms with E-state index in [2.05, 4.69) is 0 Å². The van der Waals surface area contributed by atoms with E-state index in [1.807, 2.05) is 0 Å². The van der Waals surface area contributed by atoms with Gasteiger partial charge in [0.15, 0.2) is 0 Å². The first kappa shape index (κ1) is 15.0. The highest BCUT2D eigenvalue weighted by atomic mass is 19.1. The lowest BCUT2D eigenvalue weighted by molar-refractivity contribution is -0.148. The van der Waals surface area contributed by atoms with Gasteiger partial charge < -0.3 is 10.0 Å². The van der Waals surface area contributed by atoms with Gasteiger partial charge in [0.25, 0.3) is 0 Å². The van der Waals surface area contributed by atoms with Gasteiger partial charge in [-0.05, 0) is 26.0 Å². The van der Waals surface area contributed by atoms with Crippen LogP contribution in [0.5, 0.6) is 0 Å². The van der Waals surface area contributed by atoms with Crippen LogP contribution in [0.2, 0.25) is 0 Å². The molecule has 118 valence electrons. The second kappa shape index (κ2) is 5.35. The van der Waals surface area contributed by atoms with E-state index in [1.165, 1.54) is 6.07 Å². The van der Waals surface area contributed by atoms with E-state index >= 15 is 0 Å². The van der Waals surface area contributed by atoms with Crippen molar-refractivity contribution in [3.05, 3.63) is 35.6 Å². The van der Waals surface area contributed by atoms with Gasteiger partial charge in [-0.1, -0.05) is 18.2 Å². The summed E-state index contributed by atoms with van der Waals surface area (Å²) in [5.41, 5.74) is -0.351. The Morgan fingerprint density at radius 3 is 2.55 bits per heavy atom. The summed E-state index contributed by atoms with van der Waals surface area (Å²) < 4.78 is 14.0. The average Bonchev–Trinajstić information content (AvgIpc) is 3.29. The maximum absolute atomic E-state index is 14.0. The van der Waals surface area contributed by atoms with Crippen molar-refractivity contribution in [3.8, 4) is 0 Å². The number of hydrogen-bond acceptors (Lipinski definition) is 3. The number of nitrogens with zero attached hydrogens (tertiary/aromatic N) is 2. The average molecular weight is 306 g/mol. The first-order valence-electron chi connectivity index (χ1n) is 7.43. The van der Waals surface area contributed by atoms with Gasteiger partial charge in [0.05, 0.1) is 5.41 Å². The minimum Gasteiger partial charge on any atom is -0.480 e. The van der Waals surface area contributed by atoms with Gasteiger partial charge in [-0.2, -0.15) is 0 Å². The molecule has 1 heterocycles. The Morgan fingerprint density at radius 2 is 1.95 bits per heavy atom. The summed E-state index contributed by atoms with van der Waals surface area (Å²) in [6.45, 7) is 1.15. The van der Waals surface area contributed by atoms with Gasteiger partial charge in [0.2, 0.25) is 5.91 Å². The zero-order chi connectivity index (χ0) is 15.9. The molecular formula is C16H19FN2O3. The summed E-state index contributed by atoms with van der Waals surface area (Å²) in [4.78, 5) is 27.5. The minimum atomic E-state index is -0.935. The van der Waals surface area contributed by atoms with Crippen LogP contribution in [-0.4, -0.2) is 59.5 Å². The molecular weight excluding hydrogens is 287 g/mol. The van der Waals surface area contributed by atoms with E-state index < -0.39 is 17.4 Å². The predicted octanol–water partition coefficient (Wildman–Crippen LogP) is 1.08. The van der Waals surface area contributed by atoms with E-state index in [4.69, 9.17) is 0 Å². The molecule has 0 radical (unpaired) electrons. The first-order valence-corrected chi connectivity index (χ1v) is 7.43. The molecule has 22 heavy (non-hydrogen) atoms. The van der Waals surface area contributed by atoms with E-state index in [-0.39, 0.29) is 18.3 Å². The molecule has 0 bridgehead atoms. The Morgan fingerprint density at radius 1 is 1.27 bits per heavy atom. The number of carbonyl (C=O) groups is 2. The molecule has 1 aliphatic carbocycles. The summed E-state index contributed by atoms with van der Waals surface area (Å²) in [6.07, 6.45) is 1.24. The van der Waals surface area contributed by atoms with Crippen LogP contribution in [-0.2, 0) is 15.0 Å². The predicted molar refractivity (Wildman–Crippen MR) is 77.9 cm³/mol. The van der Waals surface area contributed by atoms with Crippen LogP contribution in [0.4, 0.5) is 4.39 Å². The zero-order valence-corrected chi connectivity index (χ0v) is 12.5. The number of carbonyl (C=O) groups excluding carboxylic acids is 1. The number of benzene rings is 1. The largest absolute Gasteiger partial charge is 0.480 e. The molecule has 0 unspecified atom stereocenters. The van der Waals surface area contributed by atoms with Crippen molar-refractivity contribution in [3.63, 3.8) is 0 Å². The first-order chi connectivity index (χ1) is 10.5. The van der Waals surface area contributed by atoms with Crippen molar-refractivity contribution in [2.24, 2.45) is 0 Å². The Kier molecular flexibility index (Phi) is 3.64. The molecule has 1 aromatic rings. The molecule has 1 atom stereocenters. The second-order valence-electron chi connectivity index (χ2n) is 6.15. The number of amides is 1. The Balaban J connectivity index is 1.82. The molecule has 1 aromatic carbocycles. The molecule has 1 aliphatic heterocycles. The van der Waals surface area contributed by atoms with Gasteiger partial charge >= 0.3 is 5.97 Å². The SMILES string of the molecule is CN1CCN(C(=O)C2(c3ccccc3F)CC2)C[C@H]1C(=O)O. The number of carboxylic acid groups (broad SMARTS) is 1. The van der Waals surface area contributed by atoms with Crippen molar-refractivity contribution in [2.45, 2.75) is 24.3 Å². The van der Waals surface area contributed by atoms with Crippen molar-refractivity contribution in [1.82, 2.24) is 9.80 Å². The number of aliphatic carboxylic acids is 1. The molecule has 5 nitrogen and oxygen atoms in total. The molecule has 1 saturated heterocycles. The molecule has 6 heteroatoms. The van der Waals surface area contributed by atoms with Gasteiger partial charge in [0, 0.05) is 25.2 Å². The number of halogens is 1. The number of carboxylic acids is 1. The molecule has 2 fully saturated rings. The number of likely N-dealkylation sites (N-methyl/N-ethyl adjacent to an activating group) is 1. The summed E-state index contributed by atoms with van der Waals surface area (Å²) in [7, 11) is 1.74. The monoisotopic (exact) mass is 306 g/mol. The topological polar surface area (TPSA) is 60.9 Å². The highest BCUT2D eigenvalue weighted by molar-refractivity contribution is 5.92. The van der Waals surface area contributed by atoms with Crippen LogP contribution in [0.3, 0.4) is 0 Å². The normalized spacial score (nSPS) is 24.1. The lowest BCUT2D eigenvalue weighted by Gasteiger charge is -2.38. The third kappa shape index (κ3) is 2.37. The van der Waals surface area contributed by atoms with E-state index in [0.717, 1.165) is 0 Å². The summed E-state index contributed by atoms with van der Waals surface area (Å²) in [5.74, 6) is -1.44. The van der Waals surface area contributed by atoms with E-state index in [0.29, 0.717) is 31.5 Å². The van der Waals surface area contributed by atoms with E-state index in [1.54, 1.807) is 35.0 Å². The molecule has 0 spiro atoms. The van der Waals surface area contributed by atoms with Crippen LogP contribution in [0.1, 0.15) is 18.4 Å². The minimum absolute atomic E-state index is 0.142. The zero-order valence-electron chi connectivity index (χ0n) is 12.5. The van der Waals surface area contributed by atoms with Crippen molar-refractivity contribution >= 4 is 11.9 Å². The summed E-state index contributed by atoms with van der Waals surface area (Å²) in [6, 6.07) is 5.66. The Hall–Kier alpha value is -1.95. The lowest BCUT2D eigenvalue weighted by Crippen LogP contribution is -2.58. The Labute approximate surface area is 128 Å². The third-order valence-electron chi connectivity index (χ3n) is 4.77. The fourth-order valence-electron chi connectivity index (χ4n) is 3.20. The van der Waals surface area contributed by atoms with Crippen LogP contribution >= 0.6 is 0 Å². The highest BCUT2D eigenvalue weighted by Crippen LogP contribution is 2.50. The van der Waals surface area contributed by atoms with Crippen molar-refractivity contribution in [1.29, 1.82) is 0 Å². The van der Waals surface area contributed by atoms with Crippen molar-refractivity contribution in [2.75, 3.05) is 26.7 Å². The highest BCUT2D eigenvalue weighted by Gasteiger charge is 2.55. The molecule has 2 aliphatic rings. The third-order valence-corrected chi connectivity index (χ3v) is 4.77. The summed E-state index contributed by atoms with van der Waals surface area (Å²) in [5, 5.41) is 9.25. The number of rotatable bonds is 3. The molecule has 1 amide bonds. The van der Waals surface area contributed by atoms with Crippen LogP contribution in [0.25, 0.3) is 0 Å². The van der Waals surface area contributed by atoms with Gasteiger partial charge in [0.1, 0.15) is 11.9 Å². The van der Waals surface area contributed by atoms with E-state index in [9.17, 15) is 19.1 Å². The molecule has 3 rings (SSSR count). The maximum atomic E-state index is 14.0. The standard InChI is InChI=1S/C16H19FN2O3/c1-18-8-9-19(10-13(18)14(20)21)15(22)16(6-7-16)11-4-2-3-5-12(11)17/h2-5,13H,6-10H2,1H3,(H,20,21)/t13-/m0/s1. The molecule has 0 aromatic heterocycles. The van der Waals surface area contributed by atoms with Crippen LogP contribution in [0.15, 0.2) is 24.3 Å². The maximum Gasteiger partial charge on any atom is 0.322 e. The second-order valence-corrected chi connectivity index (χ2v) is 6.15. The van der Waals surface area contributed by atoms with Crippen molar-refractivity contribution < 1.29 is 19.1 Å². The smallest absolute Gasteiger partial charge is 0.322 e. The van der Waals surface area contributed by atoms with Crippen LogP contribution in [0, 0.1) is 5.82 Å². The molecule has 1 saturated carbocycles.